The number of ether oxygens (including phenoxy) is 2. The van der Waals surface area contributed by atoms with Crippen LogP contribution in [0.4, 0.5) is 5.13 Å². The van der Waals surface area contributed by atoms with Crippen LogP contribution in [0.2, 0.25) is 0 Å². The maximum atomic E-state index is 12.3. The fourth-order valence-corrected chi connectivity index (χ4v) is 3.52. The van der Waals surface area contributed by atoms with Gasteiger partial charge in [-0.15, -0.1) is 11.3 Å². The zero-order chi connectivity index (χ0) is 20.3. The van der Waals surface area contributed by atoms with Gasteiger partial charge in [-0.05, 0) is 38.1 Å². The summed E-state index contributed by atoms with van der Waals surface area (Å²) in [7, 11) is 5.09. The molecule has 0 aliphatic heterocycles. The molecule has 3 aromatic rings. The van der Waals surface area contributed by atoms with Crippen LogP contribution in [0.3, 0.4) is 0 Å². The van der Waals surface area contributed by atoms with E-state index in [9.17, 15) is 4.79 Å². The molecule has 2 aromatic heterocycles. The van der Waals surface area contributed by atoms with Crippen LogP contribution < -0.4 is 14.8 Å². The summed E-state index contributed by atoms with van der Waals surface area (Å²) in [5, 5.41) is 9.51. The number of anilines is 1. The molecule has 0 unspecified atom stereocenters. The van der Waals surface area contributed by atoms with Gasteiger partial charge >= 0.3 is 0 Å². The van der Waals surface area contributed by atoms with Crippen molar-refractivity contribution in [3.63, 3.8) is 0 Å². The number of hydrogen-bond donors (Lipinski definition) is 1. The van der Waals surface area contributed by atoms with Crippen molar-refractivity contribution < 1.29 is 14.3 Å². The summed E-state index contributed by atoms with van der Waals surface area (Å²) >= 11 is 1.35. The lowest BCUT2D eigenvalue weighted by Crippen LogP contribution is -2.07. The first kappa shape index (κ1) is 19.6. The van der Waals surface area contributed by atoms with Gasteiger partial charge in [-0.1, -0.05) is 0 Å². The number of benzene rings is 1. The molecule has 7 nitrogen and oxygen atoms in total. The molecule has 8 heteroatoms. The van der Waals surface area contributed by atoms with Gasteiger partial charge in [0.15, 0.2) is 5.13 Å². The number of aromatic nitrogens is 3. The molecule has 0 fully saturated rings. The Bertz CT molecular complexity index is 1040. The Morgan fingerprint density at radius 2 is 2.04 bits per heavy atom. The maximum absolute atomic E-state index is 12.3. The van der Waals surface area contributed by atoms with E-state index >= 15 is 0 Å². The fourth-order valence-electron chi connectivity index (χ4n) is 2.81. The molecular formula is C20H22N4O3S. The number of nitrogens with zero attached hydrogens (tertiary/aromatic N) is 3. The van der Waals surface area contributed by atoms with Crippen molar-refractivity contribution in [3.8, 4) is 22.8 Å². The van der Waals surface area contributed by atoms with Crippen LogP contribution >= 0.6 is 11.3 Å². The molecule has 0 bridgehead atoms. The normalized spacial score (nSPS) is 11.0. The number of carbonyl (C=O) groups is 1. The molecule has 1 aromatic carbocycles. The van der Waals surface area contributed by atoms with Gasteiger partial charge < -0.3 is 9.47 Å². The molecule has 0 radical (unpaired) electrons. The average molecular weight is 398 g/mol. The Labute approximate surface area is 167 Å². The van der Waals surface area contributed by atoms with Gasteiger partial charge in [0.2, 0.25) is 5.91 Å². The van der Waals surface area contributed by atoms with Crippen LogP contribution in [0.25, 0.3) is 17.3 Å². The number of aryl methyl sites for hydroxylation is 2. The topological polar surface area (TPSA) is 78.3 Å². The van der Waals surface area contributed by atoms with Gasteiger partial charge in [0.05, 0.1) is 25.6 Å². The Morgan fingerprint density at radius 3 is 2.68 bits per heavy atom. The Morgan fingerprint density at radius 1 is 1.25 bits per heavy atom. The molecule has 0 spiro atoms. The molecule has 2 heterocycles. The summed E-state index contributed by atoms with van der Waals surface area (Å²) in [6, 6.07) is 5.50. The van der Waals surface area contributed by atoms with E-state index in [1.165, 1.54) is 17.4 Å². The van der Waals surface area contributed by atoms with Gasteiger partial charge in [0.25, 0.3) is 0 Å². The van der Waals surface area contributed by atoms with Crippen LogP contribution in [-0.4, -0.2) is 34.9 Å². The first-order valence-electron chi connectivity index (χ1n) is 8.60. The van der Waals surface area contributed by atoms with E-state index in [0.717, 1.165) is 22.5 Å². The molecule has 0 aliphatic rings. The van der Waals surface area contributed by atoms with Crippen molar-refractivity contribution in [2.75, 3.05) is 19.5 Å². The van der Waals surface area contributed by atoms with Crippen LogP contribution in [0.1, 0.15) is 17.0 Å². The van der Waals surface area contributed by atoms with E-state index < -0.39 is 0 Å². The summed E-state index contributed by atoms with van der Waals surface area (Å²) in [5.74, 6) is 1.15. The van der Waals surface area contributed by atoms with Gasteiger partial charge in [-0.3, -0.25) is 14.8 Å². The number of hydrogen-bond acceptors (Lipinski definition) is 6. The number of carbonyl (C=O) groups excluding carboxylic acids is 1. The van der Waals surface area contributed by atoms with Gasteiger partial charge in [-0.25, -0.2) is 4.98 Å². The molecule has 0 atom stereocenters. The SMILES string of the molecule is COc1ccc(OC)c(-c2csc(NC(=O)/C=C/c3c(C)nn(C)c3C)n2)c1. The van der Waals surface area contributed by atoms with E-state index in [-0.39, 0.29) is 5.91 Å². The number of rotatable bonds is 6. The average Bonchev–Trinajstić information content (AvgIpc) is 3.24. The van der Waals surface area contributed by atoms with Crippen molar-refractivity contribution in [2.24, 2.45) is 7.05 Å². The van der Waals surface area contributed by atoms with Crippen LogP contribution in [-0.2, 0) is 11.8 Å². The number of methoxy groups -OCH3 is 2. The van der Waals surface area contributed by atoms with E-state index in [2.05, 4.69) is 15.4 Å². The summed E-state index contributed by atoms with van der Waals surface area (Å²) in [4.78, 5) is 16.8. The maximum Gasteiger partial charge on any atom is 0.250 e. The van der Waals surface area contributed by atoms with Gasteiger partial charge in [0, 0.05) is 35.3 Å². The Hall–Kier alpha value is -3.13. The minimum absolute atomic E-state index is 0.249. The highest BCUT2D eigenvalue weighted by atomic mass is 32.1. The molecular weight excluding hydrogens is 376 g/mol. The molecule has 0 saturated carbocycles. The van der Waals surface area contributed by atoms with Crippen LogP contribution in [0.15, 0.2) is 29.7 Å². The molecule has 0 saturated heterocycles. The molecule has 1 amide bonds. The van der Waals surface area contributed by atoms with Gasteiger partial charge in [0.1, 0.15) is 11.5 Å². The molecule has 146 valence electrons. The van der Waals surface area contributed by atoms with Crippen molar-refractivity contribution in [2.45, 2.75) is 13.8 Å². The third kappa shape index (κ3) is 4.07. The van der Waals surface area contributed by atoms with E-state index in [1.54, 1.807) is 25.0 Å². The van der Waals surface area contributed by atoms with Gasteiger partial charge in [-0.2, -0.15) is 5.10 Å². The second-order valence-electron chi connectivity index (χ2n) is 6.13. The third-order valence-corrected chi connectivity index (χ3v) is 5.14. The lowest BCUT2D eigenvalue weighted by atomic mass is 10.1. The zero-order valence-corrected chi connectivity index (χ0v) is 17.3. The minimum atomic E-state index is -0.249. The molecule has 1 N–H and O–H groups in total. The van der Waals surface area contributed by atoms with Crippen molar-refractivity contribution >= 4 is 28.5 Å². The summed E-state index contributed by atoms with van der Waals surface area (Å²) < 4.78 is 12.5. The lowest BCUT2D eigenvalue weighted by Gasteiger charge is -2.08. The van der Waals surface area contributed by atoms with E-state index in [0.29, 0.717) is 22.3 Å². The Kier molecular flexibility index (Phi) is 5.79. The second-order valence-corrected chi connectivity index (χ2v) is 6.99. The first-order valence-corrected chi connectivity index (χ1v) is 9.48. The predicted octanol–water partition coefficient (Wildman–Crippen LogP) is 3.83. The largest absolute Gasteiger partial charge is 0.497 e. The van der Waals surface area contributed by atoms with Crippen molar-refractivity contribution in [3.05, 3.63) is 46.6 Å². The highest BCUT2D eigenvalue weighted by Gasteiger charge is 2.13. The molecule has 3 rings (SSSR count). The lowest BCUT2D eigenvalue weighted by molar-refractivity contribution is -0.111. The highest BCUT2D eigenvalue weighted by molar-refractivity contribution is 7.14. The second kappa shape index (κ2) is 8.26. The smallest absolute Gasteiger partial charge is 0.250 e. The van der Waals surface area contributed by atoms with Crippen molar-refractivity contribution in [1.29, 1.82) is 0 Å². The molecule has 28 heavy (non-hydrogen) atoms. The third-order valence-electron chi connectivity index (χ3n) is 4.38. The van der Waals surface area contributed by atoms with Crippen molar-refractivity contribution in [1.82, 2.24) is 14.8 Å². The number of thiazole rings is 1. The first-order chi connectivity index (χ1) is 13.4. The number of amides is 1. The summed E-state index contributed by atoms with van der Waals surface area (Å²) in [6.45, 7) is 3.88. The summed E-state index contributed by atoms with van der Waals surface area (Å²) in [6.07, 6.45) is 3.26. The molecule has 0 aliphatic carbocycles. The number of nitrogens with one attached hydrogen (secondary N) is 1. The van der Waals surface area contributed by atoms with E-state index in [1.807, 2.05) is 44.5 Å². The van der Waals surface area contributed by atoms with E-state index in [4.69, 9.17) is 9.47 Å². The highest BCUT2D eigenvalue weighted by Crippen LogP contribution is 2.35. The fraction of sp³-hybridized carbons (Fsp3) is 0.250. The summed E-state index contributed by atoms with van der Waals surface area (Å²) in [5.41, 5.74) is 4.34. The minimum Gasteiger partial charge on any atom is -0.497 e. The standard InChI is InChI=1S/C20H22N4O3S/c1-12-15(13(2)24(3)23-12)7-9-19(25)22-20-21-17(11-28-20)16-10-14(26-4)6-8-18(16)27-5/h6-11H,1-5H3,(H,21,22,25)/b9-7+. The predicted molar refractivity (Wildman–Crippen MR) is 111 cm³/mol. The van der Waals surface area contributed by atoms with Crippen LogP contribution in [0, 0.1) is 13.8 Å². The Balaban J connectivity index is 1.76. The zero-order valence-electron chi connectivity index (χ0n) is 16.4. The monoisotopic (exact) mass is 398 g/mol. The van der Waals surface area contributed by atoms with Crippen LogP contribution in [0.5, 0.6) is 11.5 Å². The quantitative estimate of drug-likeness (QED) is 0.639.